The number of halogens is 2. The molecule has 0 heterocycles. The van der Waals surface area contributed by atoms with Gasteiger partial charge < -0.3 is 9.84 Å². The Morgan fingerprint density at radius 2 is 2.00 bits per heavy atom. The molecule has 0 unspecified atom stereocenters. The third kappa shape index (κ3) is 3.95. The number of carbonyl (C=O) groups is 1. The Balaban J connectivity index is 2.27. The van der Waals surface area contributed by atoms with E-state index in [-0.39, 0.29) is 11.5 Å². The zero-order valence-electron chi connectivity index (χ0n) is 11.1. The second kappa shape index (κ2) is 6.91. The van der Waals surface area contributed by atoms with Crippen LogP contribution in [0.5, 0.6) is 11.5 Å². The molecule has 0 aliphatic heterocycles. The molecule has 0 fully saturated rings. The molecule has 2 aromatic rings. The number of allylic oxidation sites excluding steroid dienone is 1. The number of carbonyl (C=O) groups excluding carboxylic acids is 1. The molecule has 0 aromatic heterocycles. The number of ketones is 1. The van der Waals surface area contributed by atoms with Gasteiger partial charge in [0.2, 0.25) is 0 Å². The topological polar surface area (TPSA) is 46.5 Å². The molecule has 3 nitrogen and oxygen atoms in total. The third-order valence-corrected chi connectivity index (χ3v) is 4.00. The average molecular weight is 412 g/mol. The van der Waals surface area contributed by atoms with E-state index in [1.807, 2.05) is 12.1 Å². The van der Waals surface area contributed by atoms with Crippen LogP contribution in [0.2, 0.25) is 0 Å². The van der Waals surface area contributed by atoms with E-state index in [9.17, 15) is 9.90 Å². The summed E-state index contributed by atoms with van der Waals surface area (Å²) in [7, 11) is 1.48. The molecule has 2 aromatic carbocycles. The molecule has 0 saturated heterocycles. The standard InChI is InChI=1S/C16H12Br2O3/c1-21-16-8-10(13(18)9-15(16)20)5-6-14(19)11-3-2-4-12(17)7-11/h2-9,20H,1H3. The minimum atomic E-state index is -0.102. The Kier molecular flexibility index (Phi) is 5.20. The van der Waals surface area contributed by atoms with Gasteiger partial charge in [0.25, 0.3) is 0 Å². The van der Waals surface area contributed by atoms with Gasteiger partial charge in [-0.2, -0.15) is 0 Å². The van der Waals surface area contributed by atoms with Gasteiger partial charge in [0, 0.05) is 14.5 Å². The first-order chi connectivity index (χ1) is 10.0. The summed E-state index contributed by atoms with van der Waals surface area (Å²) >= 11 is 6.68. The van der Waals surface area contributed by atoms with Crippen LogP contribution in [-0.4, -0.2) is 18.0 Å². The third-order valence-electron chi connectivity index (χ3n) is 2.82. The molecule has 0 saturated carbocycles. The van der Waals surface area contributed by atoms with Crippen molar-refractivity contribution in [3.63, 3.8) is 0 Å². The summed E-state index contributed by atoms with van der Waals surface area (Å²) in [6.07, 6.45) is 3.16. The lowest BCUT2D eigenvalue weighted by Gasteiger charge is -2.06. The van der Waals surface area contributed by atoms with Gasteiger partial charge in [-0.15, -0.1) is 0 Å². The second-order valence-corrected chi connectivity index (χ2v) is 6.02. The summed E-state index contributed by atoms with van der Waals surface area (Å²) in [5.41, 5.74) is 1.34. The first-order valence-electron chi connectivity index (χ1n) is 6.05. The number of hydrogen-bond acceptors (Lipinski definition) is 3. The zero-order chi connectivity index (χ0) is 15.4. The summed E-state index contributed by atoms with van der Waals surface area (Å²) in [4.78, 5) is 12.1. The Hall–Kier alpha value is -1.59. The van der Waals surface area contributed by atoms with Gasteiger partial charge in [0.1, 0.15) is 0 Å². The predicted octanol–water partition coefficient (Wildman–Crippen LogP) is 4.82. The van der Waals surface area contributed by atoms with Crippen LogP contribution in [0.15, 0.2) is 51.4 Å². The molecule has 1 N–H and O–H groups in total. The number of phenols is 1. The van der Waals surface area contributed by atoms with Crippen molar-refractivity contribution < 1.29 is 14.6 Å². The SMILES string of the molecule is COc1cc(C=CC(=O)c2cccc(Br)c2)c(Br)cc1O. The lowest BCUT2D eigenvalue weighted by atomic mass is 10.1. The van der Waals surface area contributed by atoms with Gasteiger partial charge in [-0.05, 0) is 42.0 Å². The van der Waals surface area contributed by atoms with Crippen molar-refractivity contribution in [1.29, 1.82) is 0 Å². The van der Waals surface area contributed by atoms with Crippen LogP contribution < -0.4 is 4.74 Å². The maximum atomic E-state index is 12.1. The van der Waals surface area contributed by atoms with Gasteiger partial charge in [-0.3, -0.25) is 4.79 Å². The molecule has 0 aliphatic carbocycles. The summed E-state index contributed by atoms with van der Waals surface area (Å²) in [5.74, 6) is 0.294. The van der Waals surface area contributed by atoms with Crippen molar-refractivity contribution in [2.45, 2.75) is 0 Å². The molecular formula is C16H12Br2O3. The fraction of sp³-hybridized carbons (Fsp3) is 0.0625. The quantitative estimate of drug-likeness (QED) is 0.579. The van der Waals surface area contributed by atoms with Gasteiger partial charge in [-0.25, -0.2) is 0 Å². The molecule has 0 aliphatic rings. The monoisotopic (exact) mass is 410 g/mol. The van der Waals surface area contributed by atoms with Gasteiger partial charge in [0.05, 0.1) is 7.11 Å². The summed E-state index contributed by atoms with van der Waals surface area (Å²) in [6.45, 7) is 0. The molecule has 0 radical (unpaired) electrons. The van der Waals surface area contributed by atoms with Crippen molar-refractivity contribution >= 4 is 43.7 Å². The molecular weight excluding hydrogens is 400 g/mol. The van der Waals surface area contributed by atoms with Gasteiger partial charge in [0.15, 0.2) is 17.3 Å². The molecule has 0 spiro atoms. The highest BCUT2D eigenvalue weighted by molar-refractivity contribution is 9.10. The molecule has 21 heavy (non-hydrogen) atoms. The Morgan fingerprint density at radius 3 is 2.67 bits per heavy atom. The first-order valence-corrected chi connectivity index (χ1v) is 7.64. The van der Waals surface area contributed by atoms with Crippen molar-refractivity contribution in [2.24, 2.45) is 0 Å². The van der Waals surface area contributed by atoms with Gasteiger partial charge in [-0.1, -0.05) is 44.0 Å². The number of rotatable bonds is 4. The highest BCUT2D eigenvalue weighted by atomic mass is 79.9. The predicted molar refractivity (Wildman–Crippen MR) is 89.9 cm³/mol. The van der Waals surface area contributed by atoms with E-state index >= 15 is 0 Å². The number of ether oxygens (including phenoxy) is 1. The smallest absolute Gasteiger partial charge is 0.185 e. The molecule has 0 amide bonds. The minimum absolute atomic E-state index is 0.0415. The van der Waals surface area contributed by atoms with Crippen LogP contribution in [0.4, 0.5) is 0 Å². The summed E-state index contributed by atoms with van der Waals surface area (Å²) < 4.78 is 6.59. The van der Waals surface area contributed by atoms with Crippen molar-refractivity contribution in [2.75, 3.05) is 7.11 Å². The van der Waals surface area contributed by atoms with Crippen LogP contribution in [0, 0.1) is 0 Å². The first kappa shape index (κ1) is 15.8. The van der Waals surface area contributed by atoms with Gasteiger partial charge >= 0.3 is 0 Å². The highest BCUT2D eigenvalue weighted by Gasteiger charge is 2.07. The average Bonchev–Trinajstić information content (AvgIpc) is 2.46. The molecule has 0 bridgehead atoms. The lowest BCUT2D eigenvalue weighted by molar-refractivity contribution is 0.104. The van der Waals surface area contributed by atoms with E-state index in [2.05, 4.69) is 31.9 Å². The number of aromatic hydroxyl groups is 1. The van der Waals surface area contributed by atoms with Crippen molar-refractivity contribution in [1.82, 2.24) is 0 Å². The maximum Gasteiger partial charge on any atom is 0.185 e. The zero-order valence-corrected chi connectivity index (χ0v) is 14.3. The molecule has 108 valence electrons. The number of methoxy groups -OCH3 is 1. The molecule has 2 rings (SSSR count). The van der Waals surface area contributed by atoms with E-state index in [0.29, 0.717) is 15.8 Å². The largest absolute Gasteiger partial charge is 0.504 e. The normalized spacial score (nSPS) is 10.8. The van der Waals surface area contributed by atoms with Crippen molar-refractivity contribution in [3.05, 3.63) is 62.5 Å². The van der Waals surface area contributed by atoms with E-state index in [1.54, 1.807) is 24.3 Å². The van der Waals surface area contributed by atoms with Crippen LogP contribution >= 0.6 is 31.9 Å². The number of hydrogen-bond donors (Lipinski definition) is 1. The number of benzene rings is 2. The van der Waals surface area contributed by atoms with E-state index in [1.165, 1.54) is 19.3 Å². The summed E-state index contributed by atoms with van der Waals surface area (Å²) in [5, 5.41) is 9.65. The van der Waals surface area contributed by atoms with E-state index < -0.39 is 0 Å². The Morgan fingerprint density at radius 1 is 1.24 bits per heavy atom. The van der Waals surface area contributed by atoms with E-state index in [0.717, 1.165) is 10.0 Å². The fourth-order valence-corrected chi connectivity index (χ4v) is 2.62. The van der Waals surface area contributed by atoms with E-state index in [4.69, 9.17) is 4.74 Å². The molecule has 0 atom stereocenters. The van der Waals surface area contributed by atoms with Crippen LogP contribution in [0.1, 0.15) is 15.9 Å². The van der Waals surface area contributed by atoms with Crippen molar-refractivity contribution in [3.8, 4) is 11.5 Å². The highest BCUT2D eigenvalue weighted by Crippen LogP contribution is 2.33. The van der Waals surface area contributed by atoms with Crippen LogP contribution in [-0.2, 0) is 0 Å². The summed E-state index contributed by atoms with van der Waals surface area (Å²) in [6, 6.07) is 10.4. The second-order valence-electron chi connectivity index (χ2n) is 4.25. The molecule has 5 heteroatoms. The Bertz CT molecular complexity index is 709. The Labute approximate surface area is 139 Å². The fourth-order valence-electron chi connectivity index (χ4n) is 1.75. The van der Waals surface area contributed by atoms with Crippen LogP contribution in [0.3, 0.4) is 0 Å². The lowest BCUT2D eigenvalue weighted by Crippen LogP contribution is -1.93. The van der Waals surface area contributed by atoms with Crippen LogP contribution in [0.25, 0.3) is 6.08 Å². The maximum absolute atomic E-state index is 12.1. The minimum Gasteiger partial charge on any atom is -0.504 e. The number of phenolic OH excluding ortho intramolecular Hbond substituents is 1.